The van der Waals surface area contributed by atoms with Gasteiger partial charge in [-0.15, -0.1) is 0 Å². The van der Waals surface area contributed by atoms with Crippen LogP contribution >= 0.6 is 11.6 Å². The molecule has 4 aromatic rings. The molecule has 2 atom stereocenters. The van der Waals surface area contributed by atoms with E-state index in [1.807, 2.05) is 36.4 Å². The van der Waals surface area contributed by atoms with Gasteiger partial charge in [0.25, 0.3) is 11.8 Å². The van der Waals surface area contributed by atoms with Crippen LogP contribution in [-0.2, 0) is 28.3 Å². The predicted octanol–water partition coefficient (Wildman–Crippen LogP) is 5.51. The van der Waals surface area contributed by atoms with Crippen LogP contribution in [0.1, 0.15) is 40.4 Å². The summed E-state index contributed by atoms with van der Waals surface area (Å²) in [5.41, 5.74) is 7.93. The minimum Gasteiger partial charge on any atom is -0.399 e. The van der Waals surface area contributed by atoms with Gasteiger partial charge in [0.2, 0.25) is 5.91 Å². The average Bonchev–Trinajstić information content (AvgIpc) is 3.27. The van der Waals surface area contributed by atoms with E-state index in [-0.39, 0.29) is 37.9 Å². The summed E-state index contributed by atoms with van der Waals surface area (Å²) in [4.78, 5) is 42.9. The average molecular weight is 653 g/mol. The van der Waals surface area contributed by atoms with Crippen molar-refractivity contribution in [2.45, 2.75) is 32.0 Å². The van der Waals surface area contributed by atoms with Gasteiger partial charge in [-0.1, -0.05) is 73.1 Å². The highest BCUT2D eigenvalue weighted by Crippen LogP contribution is 2.46. The molecule has 10 heteroatoms. The summed E-state index contributed by atoms with van der Waals surface area (Å²) < 4.78 is 0. The number of nitrogens with one attached hydrogen (secondary N) is 1. The fourth-order valence-corrected chi connectivity index (χ4v) is 5.87. The van der Waals surface area contributed by atoms with E-state index in [1.54, 1.807) is 84.6 Å². The lowest BCUT2D eigenvalue weighted by Crippen LogP contribution is -2.44. The number of nitrogen functional groups attached to an aromatic ring is 1. The molecule has 242 valence electrons. The molecule has 4 aromatic carbocycles. The molecule has 1 aliphatic rings. The number of nitrogens with zero attached hydrogens (tertiary/aromatic N) is 2. The lowest BCUT2D eigenvalue weighted by atomic mass is 9.83. The van der Waals surface area contributed by atoms with Gasteiger partial charge in [0.15, 0.2) is 5.60 Å². The van der Waals surface area contributed by atoms with Crippen molar-refractivity contribution in [1.29, 1.82) is 0 Å². The van der Waals surface area contributed by atoms with Crippen LogP contribution in [0.25, 0.3) is 0 Å². The molecule has 1 heterocycles. The second kappa shape index (κ2) is 14.6. The number of halogens is 1. The topological polar surface area (TPSA) is 136 Å². The fourth-order valence-electron chi connectivity index (χ4n) is 5.70. The van der Waals surface area contributed by atoms with Crippen molar-refractivity contribution in [3.63, 3.8) is 0 Å². The summed E-state index contributed by atoms with van der Waals surface area (Å²) in [5.74, 6) is -1.73. The van der Waals surface area contributed by atoms with Gasteiger partial charge in [-0.2, -0.15) is 0 Å². The Kier molecular flexibility index (Phi) is 10.4. The number of rotatable bonds is 12. The Morgan fingerprint density at radius 3 is 2.45 bits per heavy atom. The zero-order chi connectivity index (χ0) is 33.6. The molecule has 0 saturated heterocycles. The minimum absolute atomic E-state index is 0.0302. The van der Waals surface area contributed by atoms with Crippen LogP contribution in [-0.4, -0.2) is 46.0 Å². The molecule has 1 aliphatic heterocycles. The molecule has 0 aliphatic carbocycles. The van der Waals surface area contributed by atoms with E-state index in [2.05, 4.69) is 5.32 Å². The summed E-state index contributed by atoms with van der Waals surface area (Å²) in [5, 5.41) is 24.8. The van der Waals surface area contributed by atoms with Gasteiger partial charge in [-0.25, -0.2) is 0 Å². The van der Waals surface area contributed by atoms with Gasteiger partial charge < -0.3 is 31.1 Å². The molecule has 0 spiro atoms. The number of carbonyl (C=O) groups excluding carboxylic acids is 3. The minimum atomic E-state index is -1.93. The van der Waals surface area contributed by atoms with Gasteiger partial charge in [0, 0.05) is 53.0 Å². The van der Waals surface area contributed by atoms with Gasteiger partial charge in [-0.3, -0.25) is 14.4 Å². The second-order valence-corrected chi connectivity index (χ2v) is 12.0. The van der Waals surface area contributed by atoms with Crippen molar-refractivity contribution in [2.24, 2.45) is 5.92 Å². The third-order valence-electron chi connectivity index (χ3n) is 8.24. The Balaban J connectivity index is 1.31. The van der Waals surface area contributed by atoms with Gasteiger partial charge in [0.05, 0.1) is 18.8 Å². The van der Waals surface area contributed by atoms with Crippen molar-refractivity contribution in [1.82, 2.24) is 4.90 Å². The predicted molar refractivity (Wildman–Crippen MR) is 184 cm³/mol. The lowest BCUT2D eigenvalue weighted by Gasteiger charge is -2.28. The zero-order valence-corrected chi connectivity index (χ0v) is 26.7. The molecule has 0 saturated carbocycles. The van der Waals surface area contributed by atoms with Gasteiger partial charge in [0.1, 0.15) is 0 Å². The van der Waals surface area contributed by atoms with E-state index in [4.69, 9.17) is 17.3 Å². The molecule has 3 amide bonds. The maximum atomic E-state index is 14.0. The lowest BCUT2D eigenvalue weighted by molar-refractivity contribution is -0.139. The second-order valence-electron chi connectivity index (χ2n) is 11.5. The SMILES string of the molecule is C[C@H](/C=C/CC(=O)N(CCO)Cc1ccccc1)[C@@]1(O)C(=O)N(Cc2cccc(NC(=O)c3ccc(N)cc3)c2)c2ccc(Cl)cc21. The van der Waals surface area contributed by atoms with Crippen LogP contribution in [0.15, 0.2) is 109 Å². The number of nitrogens with two attached hydrogens (primary N) is 1. The first kappa shape index (κ1) is 33.4. The number of aliphatic hydroxyl groups excluding tert-OH is 1. The molecule has 5 rings (SSSR count). The Morgan fingerprint density at radius 1 is 1.00 bits per heavy atom. The summed E-state index contributed by atoms with van der Waals surface area (Å²) in [6, 6.07) is 28.2. The van der Waals surface area contributed by atoms with Crippen molar-refractivity contribution in [2.75, 3.05) is 29.1 Å². The molecular weight excluding hydrogens is 616 g/mol. The standard InChI is InChI=1S/C37H37ClN4O5/c1-25(7-5-12-34(44)41(19-20-43)23-26-8-3-2-4-9-26)37(47)32-22-29(38)15-18-33(32)42(36(37)46)24-27-10-6-11-31(21-27)40-35(45)28-13-16-30(39)17-14-28/h2-11,13-18,21-22,25,43,47H,12,19-20,23-24,39H2,1H3,(H,40,45)/b7-5+/t25-,37+/m1/s1. The van der Waals surface area contributed by atoms with E-state index < -0.39 is 17.4 Å². The third-order valence-corrected chi connectivity index (χ3v) is 8.48. The van der Waals surface area contributed by atoms with E-state index >= 15 is 0 Å². The maximum Gasteiger partial charge on any atom is 0.264 e. The van der Waals surface area contributed by atoms with Crippen LogP contribution in [0.2, 0.25) is 5.02 Å². The fraction of sp³-hybridized carbons (Fsp3) is 0.216. The molecule has 0 radical (unpaired) electrons. The van der Waals surface area contributed by atoms with E-state index in [0.717, 1.165) is 11.1 Å². The number of fused-ring (bicyclic) bond motifs is 1. The first-order valence-corrected chi connectivity index (χ1v) is 15.7. The van der Waals surface area contributed by atoms with Crippen molar-refractivity contribution in [3.8, 4) is 0 Å². The zero-order valence-electron chi connectivity index (χ0n) is 26.0. The normalized spacial score (nSPS) is 16.3. The number of aliphatic hydroxyl groups is 2. The van der Waals surface area contributed by atoms with Gasteiger partial charge in [-0.05, 0) is 65.7 Å². The first-order valence-electron chi connectivity index (χ1n) is 15.3. The Morgan fingerprint density at radius 2 is 1.72 bits per heavy atom. The summed E-state index contributed by atoms with van der Waals surface area (Å²) in [7, 11) is 0. The molecule has 0 fully saturated rings. The third kappa shape index (κ3) is 7.55. The Bertz CT molecular complexity index is 1780. The molecule has 47 heavy (non-hydrogen) atoms. The highest BCUT2D eigenvalue weighted by molar-refractivity contribution is 6.31. The number of anilines is 3. The Labute approximate surface area is 278 Å². The number of carbonyl (C=O) groups is 3. The largest absolute Gasteiger partial charge is 0.399 e. The van der Waals surface area contributed by atoms with Crippen molar-refractivity contribution >= 4 is 46.4 Å². The smallest absolute Gasteiger partial charge is 0.264 e. The Hall–Kier alpha value is -4.96. The summed E-state index contributed by atoms with van der Waals surface area (Å²) in [6.07, 6.45) is 3.34. The van der Waals surface area contributed by atoms with Crippen LogP contribution < -0.4 is 16.0 Å². The number of hydrogen-bond acceptors (Lipinski definition) is 6. The van der Waals surface area contributed by atoms with Crippen molar-refractivity contribution in [3.05, 3.63) is 136 Å². The highest BCUT2D eigenvalue weighted by Gasteiger charge is 2.52. The first-order chi connectivity index (χ1) is 22.6. The van der Waals surface area contributed by atoms with E-state index in [9.17, 15) is 24.6 Å². The molecular formula is C37H37ClN4O5. The highest BCUT2D eigenvalue weighted by atomic mass is 35.5. The summed E-state index contributed by atoms with van der Waals surface area (Å²) >= 11 is 6.34. The van der Waals surface area contributed by atoms with Crippen LogP contribution in [0, 0.1) is 5.92 Å². The molecule has 0 bridgehead atoms. The number of amides is 3. The maximum absolute atomic E-state index is 14.0. The number of benzene rings is 4. The van der Waals surface area contributed by atoms with E-state index in [1.165, 1.54) is 4.90 Å². The monoisotopic (exact) mass is 652 g/mol. The molecule has 0 aromatic heterocycles. The quantitative estimate of drug-likeness (QED) is 0.118. The molecule has 9 nitrogen and oxygen atoms in total. The van der Waals surface area contributed by atoms with Crippen LogP contribution in [0.3, 0.4) is 0 Å². The van der Waals surface area contributed by atoms with E-state index in [0.29, 0.717) is 39.8 Å². The molecule has 0 unspecified atom stereocenters. The van der Waals surface area contributed by atoms with Crippen LogP contribution in [0.5, 0.6) is 0 Å². The number of hydrogen-bond donors (Lipinski definition) is 4. The van der Waals surface area contributed by atoms with Gasteiger partial charge >= 0.3 is 0 Å². The summed E-state index contributed by atoms with van der Waals surface area (Å²) in [6.45, 7) is 2.23. The van der Waals surface area contributed by atoms with Crippen LogP contribution in [0.4, 0.5) is 17.1 Å². The molecule has 5 N–H and O–H groups in total. The van der Waals surface area contributed by atoms with Crippen molar-refractivity contribution < 1.29 is 24.6 Å².